The van der Waals surface area contributed by atoms with E-state index in [2.05, 4.69) is 51.9 Å². The summed E-state index contributed by atoms with van der Waals surface area (Å²) in [5.74, 6) is 0. The predicted molar refractivity (Wildman–Crippen MR) is 71.8 cm³/mol. The molecule has 0 aliphatic carbocycles. The number of likely N-dealkylation sites (tertiary alicyclic amines) is 1. The maximum absolute atomic E-state index is 3.40. The molecule has 1 aliphatic heterocycles. The van der Waals surface area contributed by atoms with Crippen LogP contribution in [-0.2, 0) is 0 Å². The molecular weight excluding hydrogens is 196 g/mol. The van der Waals surface area contributed by atoms with E-state index >= 15 is 0 Å². The molecule has 96 valence electrons. The molecule has 0 atom stereocenters. The Kier molecular flexibility index (Phi) is 4.42. The van der Waals surface area contributed by atoms with Crippen molar-refractivity contribution in [3.8, 4) is 0 Å². The summed E-state index contributed by atoms with van der Waals surface area (Å²) in [6, 6.07) is 0.738. The second-order valence-corrected chi connectivity index (χ2v) is 7.10. The van der Waals surface area contributed by atoms with Crippen molar-refractivity contribution in [1.82, 2.24) is 10.2 Å². The van der Waals surface area contributed by atoms with E-state index in [0.717, 1.165) is 6.04 Å². The molecule has 0 radical (unpaired) electrons. The fourth-order valence-corrected chi connectivity index (χ4v) is 3.18. The Bertz CT molecular complexity index is 207. The highest BCUT2D eigenvalue weighted by Gasteiger charge is 2.33. The molecular formula is C14H30N2. The first-order valence-electron chi connectivity index (χ1n) is 6.67. The minimum Gasteiger partial charge on any atom is -0.317 e. The van der Waals surface area contributed by atoms with Crippen LogP contribution in [0.3, 0.4) is 0 Å². The summed E-state index contributed by atoms with van der Waals surface area (Å²) in [4.78, 5) is 2.67. The molecule has 0 spiro atoms. The number of hydrogen-bond donors (Lipinski definition) is 1. The van der Waals surface area contributed by atoms with Gasteiger partial charge in [0.15, 0.2) is 0 Å². The van der Waals surface area contributed by atoms with E-state index in [0.29, 0.717) is 11.0 Å². The van der Waals surface area contributed by atoms with Crippen LogP contribution in [0, 0.1) is 5.41 Å². The van der Waals surface area contributed by atoms with E-state index in [1.54, 1.807) is 0 Å². The summed E-state index contributed by atoms with van der Waals surface area (Å²) in [5, 5.41) is 3.40. The molecule has 1 aliphatic rings. The van der Waals surface area contributed by atoms with Crippen molar-refractivity contribution in [2.75, 3.05) is 20.1 Å². The summed E-state index contributed by atoms with van der Waals surface area (Å²) in [6.07, 6.45) is 3.86. The molecule has 0 bridgehead atoms. The van der Waals surface area contributed by atoms with E-state index in [1.165, 1.54) is 32.4 Å². The van der Waals surface area contributed by atoms with E-state index < -0.39 is 0 Å². The monoisotopic (exact) mass is 226 g/mol. The van der Waals surface area contributed by atoms with Gasteiger partial charge in [0.2, 0.25) is 0 Å². The predicted octanol–water partition coefficient (Wildman–Crippen LogP) is 2.89. The average Bonchev–Trinajstić information content (AvgIpc) is 2.14. The largest absolute Gasteiger partial charge is 0.317 e. The third kappa shape index (κ3) is 4.06. The topological polar surface area (TPSA) is 15.3 Å². The van der Waals surface area contributed by atoms with Gasteiger partial charge < -0.3 is 5.32 Å². The zero-order valence-corrected chi connectivity index (χ0v) is 12.1. The Morgan fingerprint density at radius 2 is 1.56 bits per heavy atom. The van der Waals surface area contributed by atoms with Crippen LogP contribution in [0.25, 0.3) is 0 Å². The van der Waals surface area contributed by atoms with E-state index in [9.17, 15) is 0 Å². The summed E-state index contributed by atoms with van der Waals surface area (Å²) in [5.41, 5.74) is 0.764. The maximum atomic E-state index is 3.40. The second-order valence-electron chi connectivity index (χ2n) is 7.10. The molecule has 0 aromatic rings. The van der Waals surface area contributed by atoms with Gasteiger partial charge in [0, 0.05) is 24.7 Å². The third-order valence-corrected chi connectivity index (χ3v) is 3.72. The molecule has 1 heterocycles. The quantitative estimate of drug-likeness (QED) is 0.796. The molecule has 1 fully saturated rings. The minimum atomic E-state index is 0.344. The van der Waals surface area contributed by atoms with Gasteiger partial charge in [-0.05, 0) is 45.6 Å². The number of nitrogens with one attached hydrogen (secondary N) is 1. The standard InChI is InChI=1S/C14H30N2/c1-13(2,3)11-14(4,5)16-9-7-12(15-6)8-10-16/h12,15H,7-11H2,1-6H3. The van der Waals surface area contributed by atoms with Crippen molar-refractivity contribution in [1.29, 1.82) is 0 Å². The molecule has 0 aromatic heterocycles. The minimum absolute atomic E-state index is 0.344. The Morgan fingerprint density at radius 3 is 1.94 bits per heavy atom. The van der Waals surface area contributed by atoms with Crippen LogP contribution in [0.5, 0.6) is 0 Å². The van der Waals surface area contributed by atoms with Gasteiger partial charge in [0.25, 0.3) is 0 Å². The Labute approximate surface area is 102 Å². The van der Waals surface area contributed by atoms with Crippen LogP contribution >= 0.6 is 0 Å². The lowest BCUT2D eigenvalue weighted by atomic mass is 9.80. The second kappa shape index (κ2) is 5.05. The van der Waals surface area contributed by atoms with Gasteiger partial charge in [0.05, 0.1) is 0 Å². The van der Waals surface area contributed by atoms with Crippen LogP contribution in [0.15, 0.2) is 0 Å². The lowest BCUT2D eigenvalue weighted by molar-refractivity contribution is 0.0515. The highest BCUT2D eigenvalue weighted by atomic mass is 15.2. The Morgan fingerprint density at radius 1 is 1.06 bits per heavy atom. The molecule has 0 aromatic carbocycles. The first-order chi connectivity index (χ1) is 7.24. The average molecular weight is 226 g/mol. The SMILES string of the molecule is CNC1CCN(C(C)(C)CC(C)(C)C)CC1. The fraction of sp³-hybridized carbons (Fsp3) is 1.00. The van der Waals surface area contributed by atoms with Crippen molar-refractivity contribution in [2.24, 2.45) is 5.41 Å². The molecule has 2 nitrogen and oxygen atoms in total. The van der Waals surface area contributed by atoms with Gasteiger partial charge in [-0.1, -0.05) is 20.8 Å². The molecule has 1 N–H and O–H groups in total. The summed E-state index contributed by atoms with van der Waals surface area (Å²) in [6.45, 7) is 14.3. The summed E-state index contributed by atoms with van der Waals surface area (Å²) in [7, 11) is 2.08. The van der Waals surface area contributed by atoms with E-state index in [-0.39, 0.29) is 0 Å². The molecule has 16 heavy (non-hydrogen) atoms. The zero-order chi connectivity index (χ0) is 12.4. The highest BCUT2D eigenvalue weighted by Crippen LogP contribution is 2.32. The lowest BCUT2D eigenvalue weighted by Crippen LogP contribution is -2.52. The molecule has 2 heteroatoms. The normalized spacial score (nSPS) is 21.4. The van der Waals surface area contributed by atoms with Crippen LogP contribution in [-0.4, -0.2) is 36.6 Å². The van der Waals surface area contributed by atoms with Crippen LogP contribution in [0.2, 0.25) is 0 Å². The van der Waals surface area contributed by atoms with Crippen molar-refractivity contribution in [3.63, 3.8) is 0 Å². The number of rotatable bonds is 3. The van der Waals surface area contributed by atoms with Gasteiger partial charge in [-0.15, -0.1) is 0 Å². The van der Waals surface area contributed by atoms with Gasteiger partial charge in [-0.2, -0.15) is 0 Å². The molecule has 0 saturated carbocycles. The fourth-order valence-electron chi connectivity index (χ4n) is 3.18. The molecule has 1 saturated heterocycles. The van der Waals surface area contributed by atoms with E-state index in [1.807, 2.05) is 0 Å². The van der Waals surface area contributed by atoms with Gasteiger partial charge in [-0.3, -0.25) is 4.90 Å². The number of piperidine rings is 1. The van der Waals surface area contributed by atoms with Gasteiger partial charge >= 0.3 is 0 Å². The molecule has 0 amide bonds. The van der Waals surface area contributed by atoms with Gasteiger partial charge in [0.1, 0.15) is 0 Å². The van der Waals surface area contributed by atoms with Crippen molar-refractivity contribution in [3.05, 3.63) is 0 Å². The third-order valence-electron chi connectivity index (χ3n) is 3.72. The lowest BCUT2D eigenvalue weighted by Gasteiger charge is -2.45. The van der Waals surface area contributed by atoms with Gasteiger partial charge in [-0.25, -0.2) is 0 Å². The van der Waals surface area contributed by atoms with Crippen molar-refractivity contribution in [2.45, 2.75) is 65.5 Å². The summed E-state index contributed by atoms with van der Waals surface area (Å²) >= 11 is 0. The smallest absolute Gasteiger partial charge is 0.0158 e. The van der Waals surface area contributed by atoms with Crippen LogP contribution in [0.1, 0.15) is 53.9 Å². The summed E-state index contributed by atoms with van der Waals surface area (Å²) < 4.78 is 0. The highest BCUT2D eigenvalue weighted by molar-refractivity contribution is 4.89. The molecule has 1 rings (SSSR count). The first kappa shape index (κ1) is 14.0. The molecule has 0 unspecified atom stereocenters. The van der Waals surface area contributed by atoms with E-state index in [4.69, 9.17) is 0 Å². The number of hydrogen-bond acceptors (Lipinski definition) is 2. The number of nitrogens with zero attached hydrogens (tertiary/aromatic N) is 1. The van der Waals surface area contributed by atoms with Crippen LogP contribution in [0.4, 0.5) is 0 Å². The Hall–Kier alpha value is -0.0800. The van der Waals surface area contributed by atoms with Crippen molar-refractivity contribution >= 4 is 0 Å². The van der Waals surface area contributed by atoms with Crippen molar-refractivity contribution < 1.29 is 0 Å². The Balaban J connectivity index is 2.51. The first-order valence-corrected chi connectivity index (χ1v) is 6.67. The zero-order valence-electron chi connectivity index (χ0n) is 12.1. The maximum Gasteiger partial charge on any atom is 0.0158 e. The van der Waals surface area contributed by atoms with Crippen LogP contribution < -0.4 is 5.32 Å².